The van der Waals surface area contributed by atoms with Crippen LogP contribution in [0.15, 0.2) is 18.5 Å². The van der Waals surface area contributed by atoms with Crippen molar-refractivity contribution in [2.45, 2.75) is 39.3 Å². The number of nitrogens with zero attached hydrogens (tertiary/aromatic N) is 5. The van der Waals surface area contributed by atoms with Crippen LogP contribution >= 0.6 is 0 Å². The molecule has 1 aromatic heterocycles. The molecular formula is C17H19F2N5. The summed E-state index contributed by atoms with van der Waals surface area (Å²) in [5, 5.41) is 17.0. The Balaban J connectivity index is 1.98. The zero-order valence-corrected chi connectivity index (χ0v) is 13.7. The molecule has 0 saturated carbocycles. The van der Waals surface area contributed by atoms with E-state index in [1.165, 1.54) is 0 Å². The minimum atomic E-state index is -0.714. The summed E-state index contributed by atoms with van der Waals surface area (Å²) >= 11 is 0. The SMILES string of the molecule is CC(C)Cn1cnnc1C1CCCN1c1c(F)cc(C#N)cc1F. The van der Waals surface area contributed by atoms with Crippen LogP contribution in [0.3, 0.4) is 0 Å². The summed E-state index contributed by atoms with van der Waals surface area (Å²) in [6.45, 7) is 5.48. The molecule has 0 aliphatic carbocycles. The molecular weight excluding hydrogens is 312 g/mol. The van der Waals surface area contributed by atoms with E-state index in [9.17, 15) is 8.78 Å². The van der Waals surface area contributed by atoms with Crippen molar-refractivity contribution in [3.63, 3.8) is 0 Å². The van der Waals surface area contributed by atoms with Gasteiger partial charge in [0.2, 0.25) is 0 Å². The molecule has 2 aromatic rings. The number of rotatable bonds is 4. The second-order valence-corrected chi connectivity index (χ2v) is 6.49. The van der Waals surface area contributed by atoms with Gasteiger partial charge >= 0.3 is 0 Å². The molecule has 0 amide bonds. The molecule has 1 fully saturated rings. The van der Waals surface area contributed by atoms with Gasteiger partial charge in [-0.25, -0.2) is 8.78 Å². The fourth-order valence-corrected chi connectivity index (χ4v) is 3.26. The normalized spacial score (nSPS) is 17.5. The first kappa shape index (κ1) is 16.4. The molecule has 3 rings (SSSR count). The maximum Gasteiger partial charge on any atom is 0.155 e. The number of nitriles is 1. The van der Waals surface area contributed by atoms with Crippen LogP contribution in [0.1, 0.15) is 44.1 Å². The highest BCUT2D eigenvalue weighted by Crippen LogP contribution is 2.38. The minimum Gasteiger partial charge on any atom is -0.357 e. The molecule has 1 aliphatic rings. The molecule has 0 radical (unpaired) electrons. The van der Waals surface area contributed by atoms with Gasteiger partial charge in [-0.2, -0.15) is 5.26 Å². The third-order valence-corrected chi connectivity index (χ3v) is 4.19. The fraction of sp³-hybridized carbons (Fsp3) is 0.471. The molecule has 5 nitrogen and oxygen atoms in total. The van der Waals surface area contributed by atoms with Gasteiger partial charge < -0.3 is 9.47 Å². The zero-order valence-electron chi connectivity index (χ0n) is 13.7. The van der Waals surface area contributed by atoms with E-state index in [1.807, 2.05) is 4.57 Å². The lowest BCUT2D eigenvalue weighted by Crippen LogP contribution is -2.27. The zero-order chi connectivity index (χ0) is 17.3. The van der Waals surface area contributed by atoms with Crippen molar-refractivity contribution < 1.29 is 8.78 Å². The number of halogens is 2. The Morgan fingerprint density at radius 2 is 2.04 bits per heavy atom. The summed E-state index contributed by atoms with van der Waals surface area (Å²) in [7, 11) is 0. The van der Waals surface area contributed by atoms with E-state index < -0.39 is 11.6 Å². The average Bonchev–Trinajstić information content (AvgIpc) is 3.14. The van der Waals surface area contributed by atoms with Gasteiger partial charge in [0, 0.05) is 13.1 Å². The van der Waals surface area contributed by atoms with Crippen molar-refractivity contribution in [3.05, 3.63) is 41.5 Å². The van der Waals surface area contributed by atoms with E-state index in [1.54, 1.807) is 17.3 Å². The summed E-state index contributed by atoms with van der Waals surface area (Å²) in [6.07, 6.45) is 3.24. The third-order valence-electron chi connectivity index (χ3n) is 4.19. The average molecular weight is 331 g/mol. The molecule has 0 N–H and O–H groups in total. The number of hydrogen-bond acceptors (Lipinski definition) is 4. The molecule has 126 valence electrons. The Morgan fingerprint density at radius 3 is 2.67 bits per heavy atom. The molecule has 24 heavy (non-hydrogen) atoms. The third kappa shape index (κ3) is 2.96. The fourth-order valence-electron chi connectivity index (χ4n) is 3.26. The largest absolute Gasteiger partial charge is 0.357 e. The maximum atomic E-state index is 14.4. The van der Waals surface area contributed by atoms with Gasteiger partial charge in [-0.3, -0.25) is 0 Å². The van der Waals surface area contributed by atoms with E-state index in [4.69, 9.17) is 5.26 Å². The van der Waals surface area contributed by atoms with Crippen LogP contribution in [-0.2, 0) is 6.54 Å². The van der Waals surface area contributed by atoms with Crippen molar-refractivity contribution in [2.24, 2.45) is 5.92 Å². The van der Waals surface area contributed by atoms with E-state index in [2.05, 4.69) is 24.0 Å². The molecule has 1 aromatic carbocycles. The first-order chi connectivity index (χ1) is 11.5. The van der Waals surface area contributed by atoms with Crippen LogP contribution in [0.4, 0.5) is 14.5 Å². The summed E-state index contributed by atoms with van der Waals surface area (Å²) in [4.78, 5) is 1.70. The van der Waals surface area contributed by atoms with E-state index in [0.29, 0.717) is 12.5 Å². The van der Waals surface area contributed by atoms with Crippen LogP contribution in [0, 0.1) is 28.9 Å². The van der Waals surface area contributed by atoms with Gasteiger partial charge in [0.1, 0.15) is 12.0 Å². The van der Waals surface area contributed by atoms with Gasteiger partial charge in [0.25, 0.3) is 0 Å². The van der Waals surface area contributed by atoms with Crippen LogP contribution in [0.25, 0.3) is 0 Å². The van der Waals surface area contributed by atoms with Crippen molar-refractivity contribution in [1.82, 2.24) is 14.8 Å². The molecule has 1 aliphatic heterocycles. The Morgan fingerprint density at radius 1 is 1.33 bits per heavy atom. The summed E-state index contributed by atoms with van der Waals surface area (Å²) in [6, 6.07) is 3.70. The Labute approximate surface area is 139 Å². The topological polar surface area (TPSA) is 57.7 Å². The van der Waals surface area contributed by atoms with Crippen molar-refractivity contribution in [3.8, 4) is 6.07 Å². The second-order valence-electron chi connectivity index (χ2n) is 6.49. The Bertz CT molecular complexity index is 755. The molecule has 2 heterocycles. The minimum absolute atomic E-state index is 0.0209. The van der Waals surface area contributed by atoms with Crippen LogP contribution in [0.2, 0.25) is 0 Å². The summed E-state index contributed by atoms with van der Waals surface area (Å²) in [5.74, 6) is -0.288. The van der Waals surface area contributed by atoms with Gasteiger partial charge in [-0.05, 0) is 30.9 Å². The predicted molar refractivity (Wildman–Crippen MR) is 85.3 cm³/mol. The molecule has 1 saturated heterocycles. The maximum absolute atomic E-state index is 14.4. The van der Waals surface area contributed by atoms with Crippen LogP contribution < -0.4 is 4.90 Å². The number of anilines is 1. The van der Waals surface area contributed by atoms with Crippen molar-refractivity contribution in [2.75, 3.05) is 11.4 Å². The highest BCUT2D eigenvalue weighted by atomic mass is 19.1. The van der Waals surface area contributed by atoms with E-state index in [0.717, 1.165) is 37.3 Å². The summed E-state index contributed by atoms with van der Waals surface area (Å²) in [5.41, 5.74) is -0.108. The van der Waals surface area contributed by atoms with Gasteiger partial charge in [0.05, 0.1) is 17.7 Å². The highest BCUT2D eigenvalue weighted by Gasteiger charge is 2.33. The predicted octanol–water partition coefficient (Wildman–Crippen LogP) is 3.43. The van der Waals surface area contributed by atoms with Crippen LogP contribution in [0.5, 0.6) is 0 Å². The van der Waals surface area contributed by atoms with Gasteiger partial charge in [0.15, 0.2) is 17.5 Å². The lowest BCUT2D eigenvalue weighted by atomic mass is 10.1. The molecule has 1 unspecified atom stereocenters. The Hall–Kier alpha value is -2.49. The van der Waals surface area contributed by atoms with E-state index >= 15 is 0 Å². The smallest absolute Gasteiger partial charge is 0.155 e. The number of aromatic nitrogens is 3. The quantitative estimate of drug-likeness (QED) is 0.861. The van der Waals surface area contributed by atoms with E-state index in [-0.39, 0.29) is 17.3 Å². The Kier molecular flexibility index (Phi) is 4.47. The van der Waals surface area contributed by atoms with Crippen molar-refractivity contribution >= 4 is 5.69 Å². The monoisotopic (exact) mass is 331 g/mol. The number of benzene rings is 1. The molecule has 0 bridgehead atoms. The van der Waals surface area contributed by atoms with Gasteiger partial charge in [-0.15, -0.1) is 10.2 Å². The number of hydrogen-bond donors (Lipinski definition) is 0. The first-order valence-corrected chi connectivity index (χ1v) is 8.04. The molecule has 1 atom stereocenters. The van der Waals surface area contributed by atoms with Crippen molar-refractivity contribution in [1.29, 1.82) is 5.26 Å². The first-order valence-electron chi connectivity index (χ1n) is 8.04. The highest BCUT2D eigenvalue weighted by molar-refractivity contribution is 5.54. The molecule has 0 spiro atoms. The standard InChI is InChI=1S/C17H19F2N5/c1-11(2)9-23-10-21-22-17(23)15-4-3-5-24(15)16-13(18)6-12(8-20)7-14(16)19/h6-7,10-11,15H,3-5,9H2,1-2H3. The molecule has 7 heteroatoms. The van der Waals surface area contributed by atoms with Crippen LogP contribution in [-0.4, -0.2) is 21.3 Å². The summed E-state index contributed by atoms with van der Waals surface area (Å²) < 4.78 is 30.8. The lowest BCUT2D eigenvalue weighted by Gasteiger charge is -2.27. The second kappa shape index (κ2) is 6.56. The van der Waals surface area contributed by atoms with Gasteiger partial charge in [-0.1, -0.05) is 13.8 Å². The lowest BCUT2D eigenvalue weighted by molar-refractivity contribution is 0.484.